The molecule has 1 saturated heterocycles. The maximum Gasteiger partial charge on any atom is 0.243 e. The second-order valence-corrected chi connectivity index (χ2v) is 9.56. The molecule has 2 aliphatic heterocycles. The minimum absolute atomic E-state index is 0.200. The van der Waals surface area contributed by atoms with Crippen molar-refractivity contribution in [1.29, 1.82) is 0 Å². The summed E-state index contributed by atoms with van der Waals surface area (Å²) in [6.07, 6.45) is 1.70. The average molecular weight is 444 g/mol. The van der Waals surface area contributed by atoms with Crippen LogP contribution in [0.2, 0.25) is 0 Å². The summed E-state index contributed by atoms with van der Waals surface area (Å²) in [5, 5.41) is 0.761. The van der Waals surface area contributed by atoms with Crippen LogP contribution in [0, 0.1) is 5.82 Å². The van der Waals surface area contributed by atoms with Crippen LogP contribution >= 0.6 is 0 Å². The minimum Gasteiger partial charge on any atom is -0.486 e. The van der Waals surface area contributed by atoms with Crippen molar-refractivity contribution in [3.05, 3.63) is 60.0 Å². The summed E-state index contributed by atoms with van der Waals surface area (Å²) in [4.78, 5) is 6.72. The first-order chi connectivity index (χ1) is 15.0. The summed E-state index contributed by atoms with van der Waals surface area (Å²) in [5.41, 5.74) is 1.58. The number of fused-ring (bicyclic) bond motifs is 2. The molecule has 0 N–H and O–H groups in total. The number of sulfonamides is 1. The highest BCUT2D eigenvalue weighted by molar-refractivity contribution is 7.89. The predicted molar refractivity (Wildman–Crippen MR) is 113 cm³/mol. The third kappa shape index (κ3) is 3.96. The number of ether oxygens (including phenoxy) is 2. The smallest absolute Gasteiger partial charge is 0.243 e. The maximum atomic E-state index is 14.0. The number of hydrogen-bond donors (Lipinski definition) is 0. The highest BCUT2D eigenvalue weighted by Gasteiger charge is 2.30. The molecule has 0 unspecified atom stereocenters. The van der Waals surface area contributed by atoms with Gasteiger partial charge in [0.15, 0.2) is 11.5 Å². The zero-order chi connectivity index (χ0) is 21.4. The van der Waals surface area contributed by atoms with Gasteiger partial charge in [-0.15, -0.1) is 0 Å². The fraction of sp³-hybridized carbons (Fsp3) is 0.318. The highest BCUT2D eigenvalue weighted by atomic mass is 32.2. The minimum atomic E-state index is -3.63. The van der Waals surface area contributed by atoms with E-state index in [1.807, 2.05) is 6.07 Å². The van der Waals surface area contributed by atoms with E-state index in [4.69, 9.17) is 9.47 Å². The van der Waals surface area contributed by atoms with Crippen LogP contribution in [0.4, 0.5) is 4.39 Å². The largest absolute Gasteiger partial charge is 0.486 e. The van der Waals surface area contributed by atoms with E-state index in [9.17, 15) is 12.8 Å². The van der Waals surface area contributed by atoms with E-state index in [0.29, 0.717) is 57.4 Å². The Hall–Kier alpha value is -2.75. The number of pyridine rings is 1. The number of nitrogens with zero attached hydrogens (tertiary/aromatic N) is 3. The Morgan fingerprint density at radius 2 is 1.74 bits per heavy atom. The van der Waals surface area contributed by atoms with Gasteiger partial charge in [0.05, 0.1) is 10.4 Å². The standard InChI is InChI=1S/C22H22FN3O4S/c23-18-12-16-2-1-5-24-22(16)17(13-18)15-25-6-8-26(9-7-25)31(27,28)19-3-4-20-21(14-19)30-11-10-29-20/h1-5,12-14H,6-11,15H2. The molecule has 0 aliphatic carbocycles. The Kier molecular flexibility index (Phi) is 5.25. The normalized spacial score (nSPS) is 17.7. The molecular formula is C22H22FN3O4S. The highest BCUT2D eigenvalue weighted by Crippen LogP contribution is 2.33. The molecule has 0 bridgehead atoms. The molecule has 0 saturated carbocycles. The van der Waals surface area contributed by atoms with Crippen LogP contribution < -0.4 is 9.47 Å². The van der Waals surface area contributed by atoms with Gasteiger partial charge in [0, 0.05) is 50.4 Å². The van der Waals surface area contributed by atoms with E-state index < -0.39 is 10.0 Å². The van der Waals surface area contributed by atoms with E-state index >= 15 is 0 Å². The zero-order valence-corrected chi connectivity index (χ0v) is 17.6. The molecule has 0 spiro atoms. The first-order valence-corrected chi connectivity index (χ1v) is 11.6. The molecule has 31 heavy (non-hydrogen) atoms. The molecule has 0 amide bonds. The Labute approximate surface area is 180 Å². The predicted octanol–water partition coefficient (Wildman–Crippen LogP) is 2.65. The molecule has 3 aromatic rings. The van der Waals surface area contributed by atoms with Crippen LogP contribution in [-0.4, -0.2) is 62.0 Å². The summed E-state index contributed by atoms with van der Waals surface area (Å²) in [6.45, 7) is 3.19. The number of rotatable bonds is 4. The topological polar surface area (TPSA) is 72.0 Å². The molecule has 9 heteroatoms. The summed E-state index contributed by atoms with van der Waals surface area (Å²) in [6, 6.07) is 11.3. The quantitative estimate of drug-likeness (QED) is 0.618. The summed E-state index contributed by atoms with van der Waals surface area (Å²) >= 11 is 0. The van der Waals surface area contributed by atoms with E-state index in [1.54, 1.807) is 24.4 Å². The Balaban J connectivity index is 1.29. The molecule has 7 nitrogen and oxygen atoms in total. The van der Waals surface area contributed by atoms with Crippen LogP contribution in [0.1, 0.15) is 5.56 Å². The first kappa shape index (κ1) is 20.2. The van der Waals surface area contributed by atoms with Crippen LogP contribution in [0.3, 0.4) is 0 Å². The third-order valence-electron chi connectivity index (χ3n) is 5.63. The molecule has 0 radical (unpaired) electrons. The van der Waals surface area contributed by atoms with Gasteiger partial charge < -0.3 is 9.47 Å². The summed E-state index contributed by atoms with van der Waals surface area (Å²) < 4.78 is 52.7. The van der Waals surface area contributed by atoms with E-state index in [2.05, 4.69) is 9.88 Å². The van der Waals surface area contributed by atoms with Gasteiger partial charge >= 0.3 is 0 Å². The van der Waals surface area contributed by atoms with Crippen molar-refractivity contribution in [2.75, 3.05) is 39.4 Å². The molecular weight excluding hydrogens is 421 g/mol. The van der Waals surface area contributed by atoms with Crippen LogP contribution in [0.25, 0.3) is 10.9 Å². The van der Waals surface area contributed by atoms with Gasteiger partial charge in [0.25, 0.3) is 0 Å². The fourth-order valence-corrected chi connectivity index (χ4v) is 5.49. The fourth-order valence-electron chi connectivity index (χ4n) is 4.05. The van der Waals surface area contributed by atoms with Crippen molar-refractivity contribution in [3.63, 3.8) is 0 Å². The number of hydrogen-bond acceptors (Lipinski definition) is 6. The van der Waals surface area contributed by atoms with Crippen molar-refractivity contribution >= 4 is 20.9 Å². The van der Waals surface area contributed by atoms with Gasteiger partial charge in [-0.25, -0.2) is 12.8 Å². The molecule has 3 heterocycles. The van der Waals surface area contributed by atoms with Crippen molar-refractivity contribution in [2.24, 2.45) is 0 Å². The molecule has 1 aromatic heterocycles. The number of halogens is 1. The van der Waals surface area contributed by atoms with Crippen LogP contribution in [0.15, 0.2) is 53.6 Å². The van der Waals surface area contributed by atoms with Gasteiger partial charge in [-0.1, -0.05) is 6.07 Å². The molecule has 0 atom stereocenters. The third-order valence-corrected chi connectivity index (χ3v) is 7.52. The Bertz CT molecular complexity index is 1230. The summed E-state index contributed by atoms with van der Waals surface area (Å²) in [5.74, 6) is 0.720. The van der Waals surface area contributed by atoms with Crippen LogP contribution in [0.5, 0.6) is 11.5 Å². The zero-order valence-electron chi connectivity index (χ0n) is 16.8. The lowest BCUT2D eigenvalue weighted by molar-refractivity contribution is 0.170. The Morgan fingerprint density at radius 3 is 2.55 bits per heavy atom. The van der Waals surface area contributed by atoms with E-state index in [1.165, 1.54) is 22.5 Å². The Morgan fingerprint density at radius 1 is 0.968 bits per heavy atom. The lowest BCUT2D eigenvalue weighted by Gasteiger charge is -2.34. The van der Waals surface area contributed by atoms with Gasteiger partial charge in [0.2, 0.25) is 10.0 Å². The van der Waals surface area contributed by atoms with Gasteiger partial charge in [0.1, 0.15) is 19.0 Å². The molecule has 1 fully saturated rings. The molecule has 162 valence electrons. The van der Waals surface area contributed by atoms with Crippen molar-refractivity contribution in [1.82, 2.24) is 14.2 Å². The molecule has 2 aromatic carbocycles. The monoisotopic (exact) mass is 443 g/mol. The second-order valence-electron chi connectivity index (χ2n) is 7.63. The van der Waals surface area contributed by atoms with Gasteiger partial charge in [-0.2, -0.15) is 4.31 Å². The van der Waals surface area contributed by atoms with Gasteiger partial charge in [-0.05, 0) is 35.9 Å². The number of benzene rings is 2. The number of piperazine rings is 1. The average Bonchev–Trinajstić information content (AvgIpc) is 2.79. The molecule has 5 rings (SSSR count). The maximum absolute atomic E-state index is 14.0. The lowest BCUT2D eigenvalue weighted by Crippen LogP contribution is -2.48. The van der Waals surface area contributed by atoms with E-state index in [-0.39, 0.29) is 10.7 Å². The SMILES string of the molecule is O=S(=O)(c1ccc2c(c1)OCCO2)N1CCN(Cc2cc(F)cc3cccnc23)CC1. The van der Waals surface area contributed by atoms with Crippen LogP contribution in [-0.2, 0) is 16.6 Å². The van der Waals surface area contributed by atoms with E-state index in [0.717, 1.165) is 16.5 Å². The number of aromatic nitrogens is 1. The lowest BCUT2D eigenvalue weighted by atomic mass is 10.1. The van der Waals surface area contributed by atoms with Crippen molar-refractivity contribution in [3.8, 4) is 11.5 Å². The first-order valence-electron chi connectivity index (χ1n) is 10.2. The van der Waals surface area contributed by atoms with Gasteiger partial charge in [-0.3, -0.25) is 9.88 Å². The molecule has 2 aliphatic rings. The van der Waals surface area contributed by atoms with Crippen molar-refractivity contribution < 1.29 is 22.3 Å². The summed E-state index contributed by atoms with van der Waals surface area (Å²) in [7, 11) is -3.63. The second kappa shape index (κ2) is 8.07. The van der Waals surface area contributed by atoms with Crippen molar-refractivity contribution in [2.45, 2.75) is 11.4 Å².